The molecule has 0 unspecified atom stereocenters. The van der Waals surface area contributed by atoms with E-state index in [0.29, 0.717) is 42.4 Å². The number of halogens is 3. The Kier molecular flexibility index (Phi) is 12.1. The quantitative estimate of drug-likeness (QED) is 0.171. The lowest BCUT2D eigenvalue weighted by Crippen LogP contribution is -2.27. The van der Waals surface area contributed by atoms with Gasteiger partial charge in [0.25, 0.3) is 0 Å². The molecule has 6 heteroatoms. The van der Waals surface area contributed by atoms with Gasteiger partial charge in [0.15, 0.2) is 17.9 Å². The first-order chi connectivity index (χ1) is 20.0. The molecule has 1 aliphatic rings. The number of benzene rings is 3. The Bertz CT molecular complexity index is 1220. The van der Waals surface area contributed by atoms with Crippen LogP contribution in [0.5, 0.6) is 5.75 Å². The summed E-state index contributed by atoms with van der Waals surface area (Å²) < 4.78 is 61.9. The Morgan fingerprint density at radius 1 is 0.683 bits per heavy atom. The van der Waals surface area contributed by atoms with Crippen LogP contribution in [-0.4, -0.2) is 19.8 Å². The lowest BCUT2D eigenvalue weighted by molar-refractivity contribution is -0.207. The zero-order valence-corrected chi connectivity index (χ0v) is 24.4. The van der Waals surface area contributed by atoms with Crippen molar-refractivity contribution in [2.45, 2.75) is 84.3 Å². The Morgan fingerprint density at radius 3 is 2.02 bits per heavy atom. The van der Waals surface area contributed by atoms with Crippen molar-refractivity contribution in [2.24, 2.45) is 5.92 Å². The van der Waals surface area contributed by atoms with Crippen LogP contribution in [0.4, 0.5) is 13.2 Å². The zero-order valence-electron chi connectivity index (χ0n) is 24.4. The van der Waals surface area contributed by atoms with E-state index in [0.717, 1.165) is 37.7 Å². The molecule has 3 aromatic rings. The van der Waals surface area contributed by atoms with Crippen LogP contribution in [0.2, 0.25) is 0 Å². The summed E-state index contributed by atoms with van der Waals surface area (Å²) in [5.74, 6) is -2.02. The van der Waals surface area contributed by atoms with Gasteiger partial charge in [0, 0.05) is 17.0 Å². The van der Waals surface area contributed by atoms with Crippen molar-refractivity contribution >= 4 is 0 Å². The molecule has 0 aliphatic carbocycles. The number of ether oxygens (including phenoxy) is 3. The van der Waals surface area contributed by atoms with E-state index in [1.54, 1.807) is 30.3 Å². The predicted octanol–water partition coefficient (Wildman–Crippen LogP) is 10.4. The van der Waals surface area contributed by atoms with E-state index in [-0.39, 0.29) is 11.3 Å². The molecule has 4 rings (SSSR count). The van der Waals surface area contributed by atoms with E-state index < -0.39 is 23.7 Å². The third kappa shape index (κ3) is 8.59. The van der Waals surface area contributed by atoms with Crippen LogP contribution in [0.3, 0.4) is 0 Å². The Labute approximate surface area is 243 Å². The van der Waals surface area contributed by atoms with Gasteiger partial charge in [-0.2, -0.15) is 4.39 Å². The van der Waals surface area contributed by atoms with Gasteiger partial charge in [-0.3, -0.25) is 0 Å². The fourth-order valence-electron chi connectivity index (χ4n) is 5.24. The van der Waals surface area contributed by atoms with Crippen molar-refractivity contribution in [3.05, 3.63) is 77.6 Å². The number of hydrogen-bond acceptors (Lipinski definition) is 3. The molecule has 1 saturated heterocycles. The largest absolute Gasteiger partial charge is 0.490 e. The monoisotopic (exact) mass is 568 g/mol. The van der Waals surface area contributed by atoms with Crippen LogP contribution in [-0.2, 0) is 9.47 Å². The molecule has 1 aliphatic heterocycles. The lowest BCUT2D eigenvalue weighted by atomic mass is 9.98. The average Bonchev–Trinajstić information content (AvgIpc) is 2.99. The summed E-state index contributed by atoms with van der Waals surface area (Å²) >= 11 is 0. The fourth-order valence-corrected chi connectivity index (χ4v) is 5.24. The highest BCUT2D eigenvalue weighted by molar-refractivity contribution is 5.71. The highest BCUT2D eigenvalue weighted by Crippen LogP contribution is 2.34. The van der Waals surface area contributed by atoms with Gasteiger partial charge in [0.2, 0.25) is 5.82 Å². The van der Waals surface area contributed by atoms with E-state index >= 15 is 4.39 Å². The molecule has 0 N–H and O–H groups in total. The molecular formula is C35H43F3O3. The molecule has 0 aromatic heterocycles. The average molecular weight is 569 g/mol. The van der Waals surface area contributed by atoms with Crippen molar-refractivity contribution in [3.63, 3.8) is 0 Å². The van der Waals surface area contributed by atoms with Crippen molar-refractivity contribution in [1.29, 1.82) is 0 Å². The van der Waals surface area contributed by atoms with Crippen molar-refractivity contribution < 1.29 is 27.4 Å². The van der Waals surface area contributed by atoms with E-state index in [2.05, 4.69) is 13.8 Å². The SMILES string of the molecule is CCCCCCCCOc1ccc(-c2ccc(-c3ccc(C4OCC(CCCCC)CO4)c(F)c3)cc2)c(F)c1F. The van der Waals surface area contributed by atoms with Gasteiger partial charge in [-0.25, -0.2) is 8.78 Å². The second-order valence-corrected chi connectivity index (χ2v) is 11.0. The minimum absolute atomic E-state index is 0.0649. The molecule has 3 nitrogen and oxygen atoms in total. The highest BCUT2D eigenvalue weighted by Gasteiger charge is 2.25. The molecule has 0 atom stereocenters. The molecule has 222 valence electrons. The van der Waals surface area contributed by atoms with Crippen LogP contribution in [0.25, 0.3) is 22.3 Å². The van der Waals surface area contributed by atoms with E-state index in [9.17, 15) is 8.78 Å². The Morgan fingerprint density at radius 2 is 1.32 bits per heavy atom. The first-order valence-electron chi connectivity index (χ1n) is 15.3. The van der Waals surface area contributed by atoms with Crippen LogP contribution >= 0.6 is 0 Å². The molecular weight excluding hydrogens is 525 g/mol. The summed E-state index contributed by atoms with van der Waals surface area (Å²) in [4.78, 5) is 0. The fraction of sp³-hybridized carbons (Fsp3) is 0.486. The van der Waals surface area contributed by atoms with E-state index in [1.165, 1.54) is 50.3 Å². The first kappa shape index (κ1) is 31.1. The highest BCUT2D eigenvalue weighted by atomic mass is 19.2. The van der Waals surface area contributed by atoms with E-state index in [4.69, 9.17) is 14.2 Å². The molecule has 41 heavy (non-hydrogen) atoms. The standard InChI is InChI=1S/C35H43F3O3/c1-3-5-7-8-9-11-21-39-32-20-19-29(33(37)34(32)38)27-15-13-26(14-16-27)28-17-18-30(31(36)22-28)35-40-23-25(24-41-35)12-10-6-4-2/h13-20,22,25,35H,3-12,21,23-24H2,1-2H3. The number of hydrogen-bond donors (Lipinski definition) is 0. The molecule has 1 heterocycles. The molecule has 0 spiro atoms. The number of rotatable bonds is 15. The van der Waals surface area contributed by atoms with Gasteiger partial charge in [0.05, 0.1) is 19.8 Å². The summed E-state index contributed by atoms with van der Waals surface area (Å²) in [5.41, 5.74) is 2.51. The van der Waals surface area contributed by atoms with Crippen LogP contribution in [0.1, 0.15) is 89.9 Å². The summed E-state index contributed by atoms with van der Waals surface area (Å²) in [5, 5.41) is 0. The van der Waals surface area contributed by atoms with Gasteiger partial charge in [-0.05, 0) is 47.7 Å². The molecule has 0 amide bonds. The van der Waals surface area contributed by atoms with Gasteiger partial charge in [-0.1, -0.05) is 102 Å². The maximum atomic E-state index is 15.1. The van der Waals surface area contributed by atoms with Crippen LogP contribution in [0, 0.1) is 23.4 Å². The molecule has 1 fully saturated rings. The maximum Gasteiger partial charge on any atom is 0.201 e. The smallest absolute Gasteiger partial charge is 0.201 e. The first-order valence-corrected chi connectivity index (χ1v) is 15.3. The topological polar surface area (TPSA) is 27.7 Å². The maximum absolute atomic E-state index is 15.1. The minimum Gasteiger partial charge on any atom is -0.490 e. The van der Waals surface area contributed by atoms with Gasteiger partial charge in [-0.15, -0.1) is 0 Å². The minimum atomic E-state index is -0.977. The summed E-state index contributed by atoms with van der Waals surface area (Å²) in [6, 6.07) is 15.0. The predicted molar refractivity (Wildman–Crippen MR) is 158 cm³/mol. The second kappa shape index (κ2) is 16.0. The molecule has 0 saturated carbocycles. The lowest BCUT2D eigenvalue weighted by Gasteiger charge is -2.30. The van der Waals surface area contributed by atoms with Gasteiger partial charge < -0.3 is 14.2 Å². The van der Waals surface area contributed by atoms with Gasteiger partial charge in [0.1, 0.15) is 5.82 Å². The molecule has 3 aromatic carbocycles. The summed E-state index contributed by atoms with van der Waals surface area (Å²) in [6.45, 7) is 5.86. The van der Waals surface area contributed by atoms with Crippen molar-refractivity contribution in [2.75, 3.05) is 19.8 Å². The third-order valence-corrected chi connectivity index (χ3v) is 7.77. The van der Waals surface area contributed by atoms with Crippen molar-refractivity contribution in [3.8, 4) is 28.0 Å². The molecule has 0 radical (unpaired) electrons. The Hall–Kier alpha value is -2.83. The van der Waals surface area contributed by atoms with E-state index in [1.807, 2.05) is 6.07 Å². The van der Waals surface area contributed by atoms with Crippen molar-refractivity contribution in [1.82, 2.24) is 0 Å². The second-order valence-electron chi connectivity index (χ2n) is 11.0. The molecule has 0 bridgehead atoms. The zero-order chi connectivity index (χ0) is 29.0. The third-order valence-electron chi connectivity index (χ3n) is 7.77. The summed E-state index contributed by atoms with van der Waals surface area (Å²) in [6.07, 6.45) is 10.4. The normalized spacial score (nSPS) is 17.1. The number of unbranched alkanes of at least 4 members (excludes halogenated alkanes) is 7. The van der Waals surface area contributed by atoms with Gasteiger partial charge >= 0.3 is 0 Å². The Balaban J connectivity index is 1.34. The van der Waals surface area contributed by atoms with Crippen LogP contribution in [0.15, 0.2) is 54.6 Å². The summed E-state index contributed by atoms with van der Waals surface area (Å²) in [7, 11) is 0. The van der Waals surface area contributed by atoms with Crippen LogP contribution < -0.4 is 4.74 Å².